The van der Waals surface area contributed by atoms with Crippen LogP contribution in [0.25, 0.3) is 0 Å². The molecule has 1 rings (SSSR count). The normalized spacial score (nSPS) is 21.4. The molecule has 14 heavy (non-hydrogen) atoms. The summed E-state index contributed by atoms with van der Waals surface area (Å²) in [6.07, 6.45) is 4.31. The van der Waals surface area contributed by atoms with Crippen molar-refractivity contribution in [1.82, 2.24) is 4.90 Å². The van der Waals surface area contributed by atoms with Crippen LogP contribution in [0.4, 0.5) is 0 Å². The summed E-state index contributed by atoms with van der Waals surface area (Å²) in [6.45, 7) is 5.80. The second-order valence-corrected chi connectivity index (χ2v) is 4.22. The molecule has 1 aliphatic rings. The van der Waals surface area contributed by atoms with Crippen molar-refractivity contribution >= 4 is 5.84 Å². The van der Waals surface area contributed by atoms with Crippen LogP contribution in [0.15, 0.2) is 5.16 Å². The molecule has 0 radical (unpaired) electrons. The van der Waals surface area contributed by atoms with E-state index in [0.29, 0.717) is 12.3 Å². The summed E-state index contributed by atoms with van der Waals surface area (Å²) < 4.78 is 0. The van der Waals surface area contributed by atoms with Gasteiger partial charge in [-0.25, -0.2) is 0 Å². The molecule has 0 unspecified atom stereocenters. The molecule has 0 saturated carbocycles. The lowest BCUT2D eigenvalue weighted by Gasteiger charge is -2.29. The van der Waals surface area contributed by atoms with E-state index in [1.807, 2.05) is 0 Å². The second-order valence-electron chi connectivity index (χ2n) is 4.22. The zero-order valence-corrected chi connectivity index (χ0v) is 8.95. The van der Waals surface area contributed by atoms with Crippen LogP contribution in [-0.2, 0) is 0 Å². The van der Waals surface area contributed by atoms with E-state index in [4.69, 9.17) is 10.9 Å². The molecule has 0 aromatic heterocycles. The number of amidine groups is 1. The van der Waals surface area contributed by atoms with Gasteiger partial charge in [-0.3, -0.25) is 0 Å². The third kappa shape index (κ3) is 3.96. The Hall–Kier alpha value is -0.770. The van der Waals surface area contributed by atoms with Gasteiger partial charge in [0.15, 0.2) is 0 Å². The minimum atomic E-state index is 0.343. The van der Waals surface area contributed by atoms with Gasteiger partial charge in [-0.2, -0.15) is 0 Å². The monoisotopic (exact) mass is 199 g/mol. The van der Waals surface area contributed by atoms with Crippen molar-refractivity contribution in [2.75, 3.05) is 19.6 Å². The zero-order chi connectivity index (χ0) is 10.4. The van der Waals surface area contributed by atoms with E-state index in [9.17, 15) is 0 Å². The molecule has 1 heterocycles. The third-order valence-corrected chi connectivity index (χ3v) is 2.91. The highest BCUT2D eigenvalue weighted by atomic mass is 16.4. The van der Waals surface area contributed by atoms with Crippen LogP contribution in [0.2, 0.25) is 0 Å². The highest BCUT2D eigenvalue weighted by molar-refractivity contribution is 5.79. The van der Waals surface area contributed by atoms with Crippen molar-refractivity contribution < 1.29 is 5.21 Å². The fraction of sp³-hybridized carbons (Fsp3) is 0.900. The molecular formula is C10H21N3O. The Morgan fingerprint density at radius 2 is 2.14 bits per heavy atom. The predicted octanol–water partition coefficient (Wildman–Crippen LogP) is 1.24. The molecule has 0 aliphatic carbocycles. The van der Waals surface area contributed by atoms with Gasteiger partial charge >= 0.3 is 0 Å². The molecular weight excluding hydrogens is 178 g/mol. The molecule has 1 fully saturated rings. The Bertz CT molecular complexity index is 186. The Balaban J connectivity index is 2.07. The summed E-state index contributed by atoms with van der Waals surface area (Å²) in [6, 6.07) is 0. The highest BCUT2D eigenvalue weighted by Gasteiger charge is 2.14. The highest BCUT2D eigenvalue weighted by Crippen LogP contribution is 2.15. The molecule has 0 aromatic carbocycles. The van der Waals surface area contributed by atoms with Gasteiger partial charge in [-0.1, -0.05) is 12.1 Å². The molecule has 0 amide bonds. The number of rotatable bonds is 4. The first-order valence-corrected chi connectivity index (χ1v) is 5.41. The fourth-order valence-electron chi connectivity index (χ4n) is 1.82. The SMILES string of the molecule is CC1CCN(CCCC(N)=NO)CC1. The van der Waals surface area contributed by atoms with E-state index in [1.165, 1.54) is 25.9 Å². The number of nitrogens with two attached hydrogens (primary N) is 1. The van der Waals surface area contributed by atoms with Crippen LogP contribution in [0.5, 0.6) is 0 Å². The Morgan fingerprint density at radius 1 is 1.50 bits per heavy atom. The minimum absolute atomic E-state index is 0.343. The zero-order valence-electron chi connectivity index (χ0n) is 8.95. The van der Waals surface area contributed by atoms with Crippen LogP contribution in [0.1, 0.15) is 32.6 Å². The van der Waals surface area contributed by atoms with Crippen molar-refractivity contribution in [3.05, 3.63) is 0 Å². The second kappa shape index (κ2) is 5.86. The fourth-order valence-corrected chi connectivity index (χ4v) is 1.82. The molecule has 82 valence electrons. The molecule has 1 aliphatic heterocycles. The van der Waals surface area contributed by atoms with E-state index in [2.05, 4.69) is 17.0 Å². The molecule has 0 spiro atoms. The van der Waals surface area contributed by atoms with Crippen LogP contribution >= 0.6 is 0 Å². The summed E-state index contributed by atoms with van der Waals surface area (Å²) >= 11 is 0. The lowest BCUT2D eigenvalue weighted by molar-refractivity contribution is 0.191. The third-order valence-electron chi connectivity index (χ3n) is 2.91. The molecule has 3 N–H and O–H groups in total. The first-order valence-electron chi connectivity index (χ1n) is 5.41. The minimum Gasteiger partial charge on any atom is -0.409 e. The van der Waals surface area contributed by atoms with Crippen LogP contribution < -0.4 is 5.73 Å². The van der Waals surface area contributed by atoms with Gasteiger partial charge in [0, 0.05) is 6.42 Å². The van der Waals surface area contributed by atoms with Crippen LogP contribution in [-0.4, -0.2) is 35.6 Å². The molecule has 4 nitrogen and oxygen atoms in total. The topological polar surface area (TPSA) is 61.8 Å². The molecule has 0 bridgehead atoms. The standard InChI is InChI=1S/C10H21N3O/c1-9-4-7-13(8-5-9)6-2-3-10(11)12-14/h9,14H,2-8H2,1H3,(H2,11,12). The van der Waals surface area contributed by atoms with Crippen molar-refractivity contribution in [1.29, 1.82) is 0 Å². The molecule has 0 atom stereocenters. The summed E-state index contributed by atoms with van der Waals surface area (Å²) in [5.41, 5.74) is 5.39. The Morgan fingerprint density at radius 3 is 2.71 bits per heavy atom. The largest absolute Gasteiger partial charge is 0.409 e. The van der Waals surface area contributed by atoms with Crippen molar-refractivity contribution in [3.63, 3.8) is 0 Å². The number of hydrogen-bond acceptors (Lipinski definition) is 3. The Kier molecular flexibility index (Phi) is 4.73. The summed E-state index contributed by atoms with van der Waals surface area (Å²) in [4.78, 5) is 2.46. The number of piperidine rings is 1. The first-order chi connectivity index (χ1) is 6.72. The van der Waals surface area contributed by atoms with Gasteiger partial charge in [0.1, 0.15) is 5.84 Å². The number of hydrogen-bond donors (Lipinski definition) is 2. The number of nitrogens with zero attached hydrogens (tertiary/aromatic N) is 2. The maximum atomic E-state index is 8.36. The number of likely N-dealkylation sites (tertiary alicyclic amines) is 1. The lowest BCUT2D eigenvalue weighted by atomic mass is 9.99. The Labute approximate surface area is 85.8 Å². The average molecular weight is 199 g/mol. The van der Waals surface area contributed by atoms with Crippen molar-refractivity contribution in [3.8, 4) is 0 Å². The van der Waals surface area contributed by atoms with Gasteiger partial charge < -0.3 is 15.8 Å². The van der Waals surface area contributed by atoms with Crippen LogP contribution in [0, 0.1) is 5.92 Å². The van der Waals surface area contributed by atoms with Gasteiger partial charge in [-0.15, -0.1) is 0 Å². The average Bonchev–Trinajstić information content (AvgIpc) is 2.21. The summed E-state index contributed by atoms with van der Waals surface area (Å²) in [7, 11) is 0. The quantitative estimate of drug-likeness (QED) is 0.310. The molecule has 4 heteroatoms. The van der Waals surface area contributed by atoms with Gasteiger partial charge in [0.2, 0.25) is 0 Å². The summed E-state index contributed by atoms with van der Waals surface area (Å²) in [5, 5.41) is 11.3. The van der Waals surface area contributed by atoms with E-state index in [-0.39, 0.29) is 0 Å². The predicted molar refractivity (Wildman–Crippen MR) is 57.5 cm³/mol. The number of oxime groups is 1. The van der Waals surface area contributed by atoms with E-state index < -0.39 is 0 Å². The molecule has 1 saturated heterocycles. The van der Waals surface area contributed by atoms with Crippen molar-refractivity contribution in [2.45, 2.75) is 32.6 Å². The first kappa shape index (κ1) is 11.3. The van der Waals surface area contributed by atoms with Gasteiger partial charge in [-0.05, 0) is 44.8 Å². The smallest absolute Gasteiger partial charge is 0.139 e. The maximum absolute atomic E-state index is 8.36. The van der Waals surface area contributed by atoms with E-state index in [1.54, 1.807) is 0 Å². The van der Waals surface area contributed by atoms with E-state index >= 15 is 0 Å². The maximum Gasteiger partial charge on any atom is 0.139 e. The van der Waals surface area contributed by atoms with Crippen molar-refractivity contribution in [2.24, 2.45) is 16.8 Å². The van der Waals surface area contributed by atoms with E-state index in [0.717, 1.165) is 18.9 Å². The lowest BCUT2D eigenvalue weighted by Crippen LogP contribution is -2.34. The van der Waals surface area contributed by atoms with Gasteiger partial charge in [0.25, 0.3) is 0 Å². The molecule has 0 aromatic rings. The summed E-state index contributed by atoms with van der Waals surface area (Å²) in [5.74, 6) is 1.23. The van der Waals surface area contributed by atoms with Crippen LogP contribution in [0.3, 0.4) is 0 Å². The van der Waals surface area contributed by atoms with Gasteiger partial charge in [0.05, 0.1) is 0 Å².